The number of para-hydroxylation sites is 1. The number of nitrogens with zero attached hydrogens (tertiary/aromatic N) is 3. The minimum atomic E-state index is -0.460. The molecule has 94 valence electrons. The Kier molecular flexibility index (Phi) is 3.29. The van der Waals surface area contributed by atoms with Gasteiger partial charge in [0.15, 0.2) is 0 Å². The number of halogens is 1. The molecular weight excluding hydrogens is 258 g/mol. The van der Waals surface area contributed by atoms with Gasteiger partial charge in [0, 0.05) is 5.56 Å². The summed E-state index contributed by atoms with van der Waals surface area (Å²) >= 11 is 5.81. The predicted octanol–water partition coefficient (Wildman–Crippen LogP) is 3.25. The van der Waals surface area contributed by atoms with Crippen LogP contribution < -0.4 is 0 Å². The lowest BCUT2D eigenvalue weighted by atomic mass is 10.1. The maximum atomic E-state index is 11.0. The first-order chi connectivity index (χ1) is 8.50. The standard InChI is InChI=1S/C11H10ClN3O3/c1-6-4-3-5-8(9(6)15(16)17)11-14-13-10(18-11)7(2)12/h3-5,7H,1-2H3. The molecular formula is C11H10ClN3O3. The van der Waals surface area contributed by atoms with Crippen LogP contribution in [0.3, 0.4) is 0 Å². The minimum absolute atomic E-state index is 0.0325. The van der Waals surface area contributed by atoms with E-state index in [1.165, 1.54) is 0 Å². The van der Waals surface area contributed by atoms with Crippen LogP contribution in [0.5, 0.6) is 0 Å². The predicted molar refractivity (Wildman–Crippen MR) is 65.4 cm³/mol. The van der Waals surface area contributed by atoms with Crippen LogP contribution in [0.15, 0.2) is 22.6 Å². The second kappa shape index (κ2) is 4.73. The Balaban J connectivity index is 2.56. The molecule has 1 heterocycles. The molecule has 1 aromatic heterocycles. The lowest BCUT2D eigenvalue weighted by Crippen LogP contribution is -1.95. The molecule has 2 rings (SSSR count). The zero-order chi connectivity index (χ0) is 13.3. The molecule has 0 aliphatic rings. The van der Waals surface area contributed by atoms with Crippen molar-refractivity contribution in [1.29, 1.82) is 0 Å². The summed E-state index contributed by atoms with van der Waals surface area (Å²) in [6, 6.07) is 4.93. The minimum Gasteiger partial charge on any atom is -0.419 e. The van der Waals surface area contributed by atoms with Gasteiger partial charge in [-0.2, -0.15) is 0 Å². The quantitative estimate of drug-likeness (QED) is 0.484. The summed E-state index contributed by atoms with van der Waals surface area (Å²) in [6.45, 7) is 3.34. The van der Waals surface area contributed by atoms with Crippen LogP contribution >= 0.6 is 11.6 Å². The number of hydrogen-bond donors (Lipinski definition) is 0. The van der Waals surface area contributed by atoms with Crippen LogP contribution in [0.25, 0.3) is 11.5 Å². The van der Waals surface area contributed by atoms with E-state index in [0.29, 0.717) is 11.1 Å². The molecule has 1 atom stereocenters. The molecule has 18 heavy (non-hydrogen) atoms. The Morgan fingerprint density at radius 2 is 2.17 bits per heavy atom. The maximum absolute atomic E-state index is 11.0. The van der Waals surface area contributed by atoms with Gasteiger partial charge in [-0.15, -0.1) is 21.8 Å². The fourth-order valence-corrected chi connectivity index (χ4v) is 1.67. The van der Waals surface area contributed by atoms with E-state index < -0.39 is 10.3 Å². The number of alkyl halides is 1. The Bertz CT molecular complexity index is 595. The van der Waals surface area contributed by atoms with Gasteiger partial charge in [0.25, 0.3) is 11.6 Å². The molecule has 0 aliphatic carbocycles. The molecule has 0 saturated carbocycles. The molecule has 0 radical (unpaired) electrons. The van der Waals surface area contributed by atoms with Crippen molar-refractivity contribution < 1.29 is 9.34 Å². The molecule has 1 aromatic carbocycles. The van der Waals surface area contributed by atoms with Crippen LogP contribution in [0.4, 0.5) is 5.69 Å². The molecule has 0 spiro atoms. The van der Waals surface area contributed by atoms with E-state index in [9.17, 15) is 10.1 Å². The van der Waals surface area contributed by atoms with E-state index in [2.05, 4.69) is 10.2 Å². The van der Waals surface area contributed by atoms with Crippen LogP contribution in [0.2, 0.25) is 0 Å². The summed E-state index contributed by atoms with van der Waals surface area (Å²) in [4.78, 5) is 10.6. The van der Waals surface area contributed by atoms with E-state index in [0.717, 1.165) is 0 Å². The van der Waals surface area contributed by atoms with Gasteiger partial charge in [0.2, 0.25) is 5.89 Å². The van der Waals surface area contributed by atoms with Crippen molar-refractivity contribution in [2.75, 3.05) is 0 Å². The van der Waals surface area contributed by atoms with E-state index >= 15 is 0 Å². The normalized spacial score (nSPS) is 12.4. The molecule has 0 fully saturated rings. The number of nitro benzene ring substituents is 1. The molecule has 7 heteroatoms. The number of hydrogen-bond acceptors (Lipinski definition) is 5. The fraction of sp³-hybridized carbons (Fsp3) is 0.273. The van der Waals surface area contributed by atoms with E-state index in [-0.39, 0.29) is 17.5 Å². The first-order valence-corrected chi connectivity index (χ1v) is 5.66. The SMILES string of the molecule is Cc1cccc(-c2nnc(C(C)Cl)o2)c1[N+](=O)[O-]. The number of aryl methyl sites for hydroxylation is 1. The van der Waals surface area contributed by atoms with Gasteiger partial charge in [0.05, 0.1) is 4.92 Å². The number of nitro groups is 1. The third-order valence-corrected chi connectivity index (χ3v) is 2.62. The highest BCUT2D eigenvalue weighted by Gasteiger charge is 2.23. The number of rotatable bonds is 3. The molecule has 0 saturated heterocycles. The van der Waals surface area contributed by atoms with Crippen molar-refractivity contribution in [1.82, 2.24) is 10.2 Å². The Labute approximate surface area is 108 Å². The van der Waals surface area contributed by atoms with Gasteiger partial charge in [-0.25, -0.2) is 0 Å². The van der Waals surface area contributed by atoms with Gasteiger partial charge in [-0.05, 0) is 19.9 Å². The van der Waals surface area contributed by atoms with Gasteiger partial charge in [-0.1, -0.05) is 12.1 Å². The summed E-state index contributed by atoms with van der Waals surface area (Å²) in [5.74, 6) is 0.343. The number of aromatic nitrogens is 2. The smallest absolute Gasteiger partial charge is 0.284 e. The average molecular weight is 268 g/mol. The molecule has 0 N–H and O–H groups in total. The third kappa shape index (κ3) is 2.19. The first-order valence-electron chi connectivity index (χ1n) is 5.22. The highest BCUT2D eigenvalue weighted by Crippen LogP contribution is 2.32. The van der Waals surface area contributed by atoms with Crippen molar-refractivity contribution in [3.05, 3.63) is 39.8 Å². The Morgan fingerprint density at radius 1 is 1.44 bits per heavy atom. The topological polar surface area (TPSA) is 82.1 Å². The Hall–Kier alpha value is -1.95. The van der Waals surface area contributed by atoms with Gasteiger partial charge in [0.1, 0.15) is 10.9 Å². The zero-order valence-corrected chi connectivity index (χ0v) is 10.5. The van der Waals surface area contributed by atoms with Crippen molar-refractivity contribution >= 4 is 17.3 Å². The highest BCUT2D eigenvalue weighted by molar-refractivity contribution is 6.20. The second-order valence-electron chi connectivity index (χ2n) is 3.79. The maximum Gasteiger partial charge on any atom is 0.284 e. The van der Waals surface area contributed by atoms with Crippen molar-refractivity contribution in [3.63, 3.8) is 0 Å². The van der Waals surface area contributed by atoms with Crippen molar-refractivity contribution in [2.24, 2.45) is 0 Å². The molecule has 0 amide bonds. The van der Waals surface area contributed by atoms with Crippen LogP contribution in [-0.2, 0) is 0 Å². The molecule has 2 aromatic rings. The van der Waals surface area contributed by atoms with Gasteiger partial charge >= 0.3 is 0 Å². The van der Waals surface area contributed by atoms with E-state index in [4.69, 9.17) is 16.0 Å². The van der Waals surface area contributed by atoms with E-state index in [1.54, 1.807) is 32.0 Å². The van der Waals surface area contributed by atoms with Crippen molar-refractivity contribution in [2.45, 2.75) is 19.2 Å². The molecule has 1 unspecified atom stereocenters. The summed E-state index contributed by atoms with van der Waals surface area (Å²) in [7, 11) is 0. The summed E-state index contributed by atoms with van der Waals surface area (Å²) in [5, 5.41) is 18.1. The van der Waals surface area contributed by atoms with Gasteiger partial charge in [-0.3, -0.25) is 10.1 Å². The lowest BCUT2D eigenvalue weighted by molar-refractivity contribution is -0.384. The fourth-order valence-electron chi connectivity index (χ4n) is 1.58. The Morgan fingerprint density at radius 3 is 2.72 bits per heavy atom. The lowest BCUT2D eigenvalue weighted by Gasteiger charge is -2.01. The molecule has 0 bridgehead atoms. The van der Waals surface area contributed by atoms with Crippen LogP contribution in [0.1, 0.15) is 23.8 Å². The van der Waals surface area contributed by atoms with E-state index in [1.807, 2.05) is 0 Å². The van der Waals surface area contributed by atoms with Crippen LogP contribution in [0, 0.1) is 17.0 Å². The zero-order valence-electron chi connectivity index (χ0n) is 9.75. The number of benzene rings is 1. The van der Waals surface area contributed by atoms with Gasteiger partial charge < -0.3 is 4.42 Å². The summed E-state index contributed by atoms with van der Waals surface area (Å²) < 4.78 is 5.32. The largest absolute Gasteiger partial charge is 0.419 e. The first kappa shape index (κ1) is 12.5. The second-order valence-corrected chi connectivity index (χ2v) is 4.44. The molecule has 0 aliphatic heterocycles. The summed E-state index contributed by atoms with van der Waals surface area (Å²) in [5.41, 5.74) is 0.808. The van der Waals surface area contributed by atoms with Crippen molar-refractivity contribution in [3.8, 4) is 11.5 Å². The van der Waals surface area contributed by atoms with Crippen LogP contribution in [-0.4, -0.2) is 15.1 Å². The average Bonchev–Trinajstić information content (AvgIpc) is 2.77. The monoisotopic (exact) mass is 267 g/mol. The molecule has 6 nitrogen and oxygen atoms in total. The highest BCUT2D eigenvalue weighted by atomic mass is 35.5. The summed E-state index contributed by atoms with van der Waals surface area (Å²) in [6.07, 6.45) is 0. The third-order valence-electron chi connectivity index (χ3n) is 2.43.